The fourth-order valence-electron chi connectivity index (χ4n) is 2.48. The van der Waals surface area contributed by atoms with Crippen LogP contribution in [0.5, 0.6) is 0 Å². The molecule has 5 nitrogen and oxygen atoms in total. The summed E-state index contributed by atoms with van der Waals surface area (Å²) in [4.78, 5) is 13.7. The van der Waals surface area contributed by atoms with Gasteiger partial charge in [-0.3, -0.25) is 9.69 Å². The Bertz CT molecular complexity index is 661. The first-order valence-electron chi connectivity index (χ1n) is 7.19. The van der Waals surface area contributed by atoms with Gasteiger partial charge in [-0.05, 0) is 37.6 Å². The maximum Gasteiger partial charge on any atom is 0.234 e. The quantitative estimate of drug-likeness (QED) is 0.871. The van der Waals surface area contributed by atoms with Gasteiger partial charge in [0.2, 0.25) is 5.91 Å². The Balaban J connectivity index is 1.81. The van der Waals surface area contributed by atoms with Gasteiger partial charge in [-0.25, -0.2) is 12.8 Å². The molecule has 1 heterocycles. The molecule has 0 spiro atoms. The van der Waals surface area contributed by atoms with Gasteiger partial charge in [0.1, 0.15) is 5.82 Å². The number of carbonyl (C=O) groups is 1. The van der Waals surface area contributed by atoms with E-state index in [1.165, 1.54) is 6.07 Å². The maximum atomic E-state index is 13.4. The number of sulfone groups is 1. The predicted octanol–water partition coefficient (Wildman–Crippen LogP) is 0.869. The number of nitrogens with zero attached hydrogens (tertiary/aromatic N) is 1. The van der Waals surface area contributed by atoms with E-state index in [0.29, 0.717) is 17.5 Å². The Morgan fingerprint density at radius 3 is 2.77 bits per heavy atom. The molecule has 0 radical (unpaired) electrons. The van der Waals surface area contributed by atoms with Crippen molar-refractivity contribution in [1.82, 2.24) is 10.2 Å². The molecule has 1 fully saturated rings. The summed E-state index contributed by atoms with van der Waals surface area (Å²) in [6, 6.07) is 4.74. The van der Waals surface area contributed by atoms with Gasteiger partial charge >= 0.3 is 0 Å². The van der Waals surface area contributed by atoms with E-state index in [1.807, 2.05) is 0 Å². The lowest BCUT2D eigenvalue weighted by Crippen LogP contribution is -2.41. The molecular formula is C15H21FN2O3S. The van der Waals surface area contributed by atoms with E-state index in [-0.39, 0.29) is 42.4 Å². The number of hydrogen-bond acceptors (Lipinski definition) is 4. The average molecular weight is 328 g/mol. The molecule has 122 valence electrons. The second kappa shape index (κ2) is 6.75. The van der Waals surface area contributed by atoms with E-state index in [4.69, 9.17) is 0 Å². The zero-order chi connectivity index (χ0) is 16.3. The molecule has 22 heavy (non-hydrogen) atoms. The van der Waals surface area contributed by atoms with Crippen LogP contribution in [0.15, 0.2) is 18.2 Å². The topological polar surface area (TPSA) is 66.5 Å². The van der Waals surface area contributed by atoms with Crippen molar-refractivity contribution in [3.05, 3.63) is 35.1 Å². The van der Waals surface area contributed by atoms with Crippen molar-refractivity contribution in [3.8, 4) is 0 Å². The Labute approximate surface area is 130 Å². The second-order valence-corrected chi connectivity index (χ2v) is 8.06. The largest absolute Gasteiger partial charge is 0.351 e. The highest BCUT2D eigenvalue weighted by atomic mass is 32.2. The third-order valence-corrected chi connectivity index (χ3v) is 5.70. The molecule has 1 aromatic carbocycles. The smallest absolute Gasteiger partial charge is 0.234 e. The minimum Gasteiger partial charge on any atom is -0.351 e. The highest BCUT2D eigenvalue weighted by molar-refractivity contribution is 7.91. The Hall–Kier alpha value is -1.47. The summed E-state index contributed by atoms with van der Waals surface area (Å²) in [6.07, 6.45) is 0.565. The molecule has 1 N–H and O–H groups in total. The number of amides is 1. The molecule has 0 aromatic heterocycles. The SMILES string of the molecule is Cc1ccc(CNC(=O)CN(C)C2CCS(=O)(=O)C2)cc1F. The molecule has 1 atom stereocenters. The highest BCUT2D eigenvalue weighted by Crippen LogP contribution is 2.16. The molecule has 1 aliphatic heterocycles. The first-order valence-corrected chi connectivity index (χ1v) is 9.01. The van der Waals surface area contributed by atoms with E-state index < -0.39 is 9.84 Å². The number of carbonyl (C=O) groups excluding carboxylic acids is 1. The highest BCUT2D eigenvalue weighted by Gasteiger charge is 2.31. The van der Waals surface area contributed by atoms with Crippen molar-refractivity contribution in [2.24, 2.45) is 0 Å². The molecule has 1 aliphatic rings. The van der Waals surface area contributed by atoms with Gasteiger partial charge in [0.05, 0.1) is 18.1 Å². The number of nitrogens with one attached hydrogen (secondary N) is 1. The first kappa shape index (κ1) is 16.9. The number of halogens is 1. The summed E-state index contributed by atoms with van der Waals surface area (Å²) < 4.78 is 36.3. The number of benzene rings is 1. The minimum atomic E-state index is -2.96. The van der Waals surface area contributed by atoms with Crippen LogP contribution in [0.25, 0.3) is 0 Å². The molecule has 0 bridgehead atoms. The number of likely N-dealkylation sites (N-methyl/N-ethyl adjacent to an activating group) is 1. The van der Waals surface area contributed by atoms with Crippen LogP contribution in [0, 0.1) is 12.7 Å². The molecule has 2 rings (SSSR count). The van der Waals surface area contributed by atoms with Gasteiger partial charge in [-0.2, -0.15) is 0 Å². The van der Waals surface area contributed by atoms with E-state index in [9.17, 15) is 17.6 Å². The maximum absolute atomic E-state index is 13.4. The third kappa shape index (κ3) is 4.51. The number of rotatable bonds is 5. The second-order valence-electron chi connectivity index (χ2n) is 5.83. The Kier molecular flexibility index (Phi) is 5.18. The first-order chi connectivity index (χ1) is 10.3. The van der Waals surface area contributed by atoms with Crippen molar-refractivity contribution >= 4 is 15.7 Å². The van der Waals surface area contributed by atoms with Crippen molar-refractivity contribution in [2.75, 3.05) is 25.1 Å². The molecule has 1 unspecified atom stereocenters. The molecular weight excluding hydrogens is 307 g/mol. The van der Waals surface area contributed by atoms with Gasteiger partial charge in [-0.1, -0.05) is 12.1 Å². The molecule has 1 amide bonds. The van der Waals surface area contributed by atoms with Crippen LogP contribution < -0.4 is 5.32 Å². The number of aryl methyl sites for hydroxylation is 1. The van der Waals surface area contributed by atoms with E-state index >= 15 is 0 Å². The summed E-state index contributed by atoms with van der Waals surface area (Å²) in [6.45, 7) is 2.07. The van der Waals surface area contributed by atoms with E-state index in [1.54, 1.807) is 31.0 Å². The predicted molar refractivity (Wildman–Crippen MR) is 82.7 cm³/mol. The van der Waals surface area contributed by atoms with Crippen LogP contribution in [0.1, 0.15) is 17.5 Å². The van der Waals surface area contributed by atoms with Crippen molar-refractivity contribution in [3.63, 3.8) is 0 Å². The van der Waals surface area contributed by atoms with E-state index in [0.717, 1.165) is 0 Å². The summed E-state index contributed by atoms with van der Waals surface area (Å²) in [7, 11) is -1.21. The summed E-state index contributed by atoms with van der Waals surface area (Å²) >= 11 is 0. The lowest BCUT2D eigenvalue weighted by molar-refractivity contribution is -0.122. The fraction of sp³-hybridized carbons (Fsp3) is 0.533. The fourth-order valence-corrected chi connectivity index (χ4v) is 4.29. The van der Waals surface area contributed by atoms with Crippen LogP contribution in [0.4, 0.5) is 4.39 Å². The molecule has 0 aliphatic carbocycles. The monoisotopic (exact) mass is 328 g/mol. The lowest BCUT2D eigenvalue weighted by atomic mass is 10.1. The van der Waals surface area contributed by atoms with Gasteiger partial charge in [-0.15, -0.1) is 0 Å². The van der Waals surface area contributed by atoms with E-state index in [2.05, 4.69) is 5.32 Å². The van der Waals surface area contributed by atoms with Crippen LogP contribution in [0.2, 0.25) is 0 Å². The standard InChI is InChI=1S/C15H21FN2O3S/c1-11-3-4-12(7-14(11)16)8-17-15(19)9-18(2)13-5-6-22(20,21)10-13/h3-4,7,13H,5-6,8-10H2,1-2H3,(H,17,19). The number of hydrogen-bond donors (Lipinski definition) is 1. The normalized spacial score (nSPS) is 20.3. The molecule has 7 heteroatoms. The van der Waals surface area contributed by atoms with Crippen LogP contribution >= 0.6 is 0 Å². The zero-order valence-corrected chi connectivity index (χ0v) is 13.6. The van der Waals surface area contributed by atoms with Gasteiger partial charge < -0.3 is 5.32 Å². The summed E-state index contributed by atoms with van der Waals surface area (Å²) in [5, 5.41) is 2.72. The van der Waals surface area contributed by atoms with Crippen LogP contribution in [0.3, 0.4) is 0 Å². The molecule has 1 aromatic rings. The van der Waals surface area contributed by atoms with Gasteiger partial charge in [0.25, 0.3) is 0 Å². The van der Waals surface area contributed by atoms with Crippen LogP contribution in [-0.4, -0.2) is 50.4 Å². The van der Waals surface area contributed by atoms with Gasteiger partial charge in [0.15, 0.2) is 9.84 Å². The van der Waals surface area contributed by atoms with Crippen molar-refractivity contribution in [2.45, 2.75) is 25.9 Å². The van der Waals surface area contributed by atoms with Gasteiger partial charge in [0, 0.05) is 12.6 Å². The average Bonchev–Trinajstić information content (AvgIpc) is 2.80. The minimum absolute atomic E-state index is 0.104. The zero-order valence-electron chi connectivity index (χ0n) is 12.8. The summed E-state index contributed by atoms with van der Waals surface area (Å²) in [5.41, 5.74) is 1.26. The molecule has 0 saturated carbocycles. The molecule has 1 saturated heterocycles. The van der Waals surface area contributed by atoms with Crippen LogP contribution in [-0.2, 0) is 21.2 Å². The lowest BCUT2D eigenvalue weighted by Gasteiger charge is -2.22. The van der Waals surface area contributed by atoms with Crippen molar-refractivity contribution < 1.29 is 17.6 Å². The third-order valence-electron chi connectivity index (χ3n) is 3.95. The Morgan fingerprint density at radius 1 is 1.45 bits per heavy atom. The van der Waals surface area contributed by atoms with Crippen molar-refractivity contribution in [1.29, 1.82) is 0 Å². The Morgan fingerprint density at radius 2 is 2.18 bits per heavy atom. The summed E-state index contributed by atoms with van der Waals surface area (Å²) in [5.74, 6) is -0.195.